The Morgan fingerprint density at radius 1 is 0.494 bits per heavy atom. The molecule has 3 aromatic rings. The first kappa shape index (κ1) is 67.7. The van der Waals surface area contributed by atoms with Crippen molar-refractivity contribution in [1.82, 2.24) is 0 Å². The summed E-state index contributed by atoms with van der Waals surface area (Å²) in [7, 11) is 0. The maximum absolute atomic E-state index is 12.6. The van der Waals surface area contributed by atoms with Crippen molar-refractivity contribution in [1.29, 1.82) is 0 Å². The van der Waals surface area contributed by atoms with Gasteiger partial charge in [0, 0.05) is 35.4 Å². The summed E-state index contributed by atoms with van der Waals surface area (Å²) in [4.78, 5) is 61.0. The standard InChI is InChI=1S/C36H35Cl2NO7S.2C12H18O3/c1-3-33(40)45-21-7-5-19-43-28-14-9-26(10-15-28)13-18-35(42)47-30-23-31(37)36(32(38)24-30)39-25-27-11-16-29(17-12-27)44-20-6-8-22-46-34(41)4-2;2*1-4-8-11(3)14-9-6-7-10-15-12(13)5-2/h3-4,9-18,23-25H,1-2,5-8,19-22H2;2*4-5,8H,1-2,6-7,9-10H2,3H3/b18-13+,39-25?;2*11-8+. The van der Waals surface area contributed by atoms with Gasteiger partial charge in [0.2, 0.25) is 5.12 Å². The molecule has 0 saturated carbocycles. The third-order valence-electron chi connectivity index (χ3n) is 9.42. The number of thioether (sulfide) groups is 1. The molecular formula is C60H71Cl2NO13S. The maximum Gasteiger partial charge on any atom is 0.330 e. The smallest absolute Gasteiger partial charge is 0.330 e. The Labute approximate surface area is 468 Å². The van der Waals surface area contributed by atoms with E-state index in [0.29, 0.717) is 97.8 Å². The molecule has 0 aliphatic rings. The molecular weight excluding hydrogens is 1050 g/mol. The van der Waals surface area contributed by atoms with E-state index >= 15 is 0 Å². The number of hydrogen-bond acceptors (Lipinski definition) is 15. The van der Waals surface area contributed by atoms with Crippen LogP contribution in [-0.4, -0.2) is 88.1 Å². The lowest BCUT2D eigenvalue weighted by molar-refractivity contribution is -0.138. The Balaban J connectivity index is 0.000000803. The van der Waals surface area contributed by atoms with Crippen LogP contribution in [0.25, 0.3) is 6.08 Å². The van der Waals surface area contributed by atoms with Gasteiger partial charge in [-0.1, -0.05) is 93.0 Å². The Bertz CT molecular complexity index is 2390. The van der Waals surface area contributed by atoms with E-state index in [9.17, 15) is 24.0 Å². The lowest BCUT2D eigenvalue weighted by Gasteiger charge is -2.07. The molecule has 17 heteroatoms. The highest BCUT2D eigenvalue weighted by atomic mass is 35.5. The van der Waals surface area contributed by atoms with Gasteiger partial charge in [0.1, 0.15) is 17.2 Å². The van der Waals surface area contributed by atoms with E-state index in [0.717, 1.165) is 97.2 Å². The van der Waals surface area contributed by atoms with Gasteiger partial charge in [-0.15, -0.1) is 0 Å². The lowest BCUT2D eigenvalue weighted by atomic mass is 10.2. The molecule has 0 N–H and O–H groups in total. The van der Waals surface area contributed by atoms with Gasteiger partial charge >= 0.3 is 23.9 Å². The second-order valence-corrected chi connectivity index (χ2v) is 17.5. The fourth-order valence-electron chi connectivity index (χ4n) is 5.52. The third kappa shape index (κ3) is 35.5. The molecule has 0 atom stereocenters. The molecule has 0 aromatic heterocycles. The van der Waals surface area contributed by atoms with Crippen LogP contribution in [0.4, 0.5) is 5.69 Å². The summed E-state index contributed by atoms with van der Waals surface area (Å²) in [6.45, 7) is 27.9. The summed E-state index contributed by atoms with van der Waals surface area (Å²) in [6, 6.07) is 18.0. The van der Waals surface area contributed by atoms with E-state index < -0.39 is 11.9 Å². The predicted octanol–water partition coefficient (Wildman–Crippen LogP) is 14.1. The van der Waals surface area contributed by atoms with Gasteiger partial charge in [-0.3, -0.25) is 9.79 Å². The van der Waals surface area contributed by atoms with E-state index in [2.05, 4.69) is 44.5 Å². The fourth-order valence-corrected chi connectivity index (χ4v) is 6.96. The van der Waals surface area contributed by atoms with Crippen molar-refractivity contribution in [2.45, 2.75) is 70.1 Å². The van der Waals surface area contributed by atoms with E-state index in [4.69, 9.17) is 61.1 Å². The van der Waals surface area contributed by atoms with Crippen LogP contribution >= 0.6 is 35.0 Å². The largest absolute Gasteiger partial charge is 0.498 e. The number of carbonyl (C=O) groups excluding carboxylic acids is 5. The number of ether oxygens (including phenoxy) is 8. The van der Waals surface area contributed by atoms with E-state index in [-0.39, 0.29) is 17.1 Å². The average Bonchev–Trinajstić information content (AvgIpc) is 3.42. The Morgan fingerprint density at radius 3 is 1.18 bits per heavy atom. The quantitative estimate of drug-likeness (QED) is 0.00796. The SMILES string of the molecule is C=C/C=C(\C)OCCCCOC(=O)C=C.C=C/C=C(\C)OCCCCOC(=O)C=C.C=CC(=O)OCCCCOc1ccc(C=Nc2c(Cl)cc(SC(=O)/C=C/c3ccc(OCCCCOC(=O)C=C)cc3)cc2Cl)cc1. The Morgan fingerprint density at radius 2 is 0.831 bits per heavy atom. The molecule has 0 spiro atoms. The van der Waals surface area contributed by atoms with Gasteiger partial charge in [-0.25, -0.2) is 19.2 Å². The molecule has 0 saturated heterocycles. The average molecular weight is 1120 g/mol. The third-order valence-corrected chi connectivity index (χ3v) is 10.8. The van der Waals surface area contributed by atoms with Crippen molar-refractivity contribution < 1.29 is 61.9 Å². The van der Waals surface area contributed by atoms with Gasteiger partial charge in [0.15, 0.2) is 0 Å². The first-order chi connectivity index (χ1) is 37.2. The molecule has 3 aromatic carbocycles. The van der Waals surface area contributed by atoms with Crippen molar-refractivity contribution in [3.63, 3.8) is 0 Å². The number of allylic oxidation sites excluding steroid dienone is 6. The van der Waals surface area contributed by atoms with E-state index in [1.807, 2.05) is 62.4 Å². The zero-order valence-corrected chi connectivity index (χ0v) is 46.4. The molecule has 0 fully saturated rings. The van der Waals surface area contributed by atoms with Gasteiger partial charge in [-0.05, 0) is 155 Å². The molecule has 0 heterocycles. The summed E-state index contributed by atoms with van der Waals surface area (Å²) in [6.07, 6.45) is 22.6. The summed E-state index contributed by atoms with van der Waals surface area (Å²) in [5.74, 6) is 1.49. The van der Waals surface area contributed by atoms with Crippen LogP contribution in [0, 0.1) is 0 Å². The first-order valence-corrected chi connectivity index (χ1v) is 26.1. The number of carbonyl (C=O) groups is 5. The van der Waals surface area contributed by atoms with Gasteiger partial charge in [0.25, 0.3) is 0 Å². The molecule has 0 aliphatic carbocycles. The van der Waals surface area contributed by atoms with Crippen LogP contribution in [0.5, 0.6) is 11.5 Å². The molecule has 0 amide bonds. The van der Waals surface area contributed by atoms with Crippen LogP contribution in [0.1, 0.15) is 76.3 Å². The maximum atomic E-state index is 12.6. The number of halogens is 2. The first-order valence-electron chi connectivity index (χ1n) is 24.6. The highest BCUT2D eigenvalue weighted by molar-refractivity contribution is 8.14. The fraction of sp³-hybridized carbons (Fsp3) is 0.300. The summed E-state index contributed by atoms with van der Waals surface area (Å²) < 4.78 is 41.6. The Kier molecular flexibility index (Phi) is 38.6. The van der Waals surface area contributed by atoms with E-state index in [1.165, 1.54) is 6.08 Å². The molecule has 0 unspecified atom stereocenters. The van der Waals surface area contributed by atoms with Crippen molar-refractivity contribution >= 4 is 81.9 Å². The normalized spacial score (nSPS) is 10.8. The molecule has 14 nitrogen and oxygen atoms in total. The number of nitrogens with zero attached hydrogens (tertiary/aromatic N) is 1. The number of benzene rings is 3. The highest BCUT2D eigenvalue weighted by Crippen LogP contribution is 2.38. The molecule has 0 aliphatic heterocycles. The number of unbranched alkanes of at least 4 members (excludes halogenated alkanes) is 4. The minimum atomic E-state index is -0.430. The molecule has 0 bridgehead atoms. The predicted molar refractivity (Wildman–Crippen MR) is 309 cm³/mol. The summed E-state index contributed by atoms with van der Waals surface area (Å²) in [5, 5.41) is 0.449. The number of aliphatic imine (C=N–C) groups is 1. The number of rotatable bonds is 35. The minimum absolute atomic E-state index is 0.190. The van der Waals surface area contributed by atoms with Gasteiger partial charge < -0.3 is 37.9 Å². The van der Waals surface area contributed by atoms with Crippen LogP contribution in [0.15, 0.2) is 176 Å². The second kappa shape index (κ2) is 43.9. The van der Waals surface area contributed by atoms with Crippen molar-refractivity contribution in [2.75, 3.05) is 52.9 Å². The monoisotopic (exact) mass is 1120 g/mol. The molecule has 3 rings (SSSR count). The lowest BCUT2D eigenvalue weighted by Crippen LogP contribution is -2.04. The molecule has 0 radical (unpaired) electrons. The van der Waals surface area contributed by atoms with Crippen molar-refractivity contribution in [3.05, 3.63) is 188 Å². The van der Waals surface area contributed by atoms with E-state index in [1.54, 1.807) is 48.7 Å². The van der Waals surface area contributed by atoms with Crippen LogP contribution in [0.2, 0.25) is 10.0 Å². The second-order valence-electron chi connectivity index (χ2n) is 15.6. The Hall–Kier alpha value is -7.33. The zero-order chi connectivity index (χ0) is 56.9. The highest BCUT2D eigenvalue weighted by Gasteiger charge is 2.11. The minimum Gasteiger partial charge on any atom is -0.498 e. The topological polar surface area (TPSA) is 172 Å². The van der Waals surface area contributed by atoms with Crippen LogP contribution < -0.4 is 9.47 Å². The van der Waals surface area contributed by atoms with Crippen molar-refractivity contribution in [2.24, 2.45) is 4.99 Å². The zero-order valence-electron chi connectivity index (χ0n) is 44.1. The van der Waals surface area contributed by atoms with Gasteiger partial charge in [0.05, 0.1) is 74.4 Å². The number of hydrogen-bond donors (Lipinski definition) is 0. The van der Waals surface area contributed by atoms with Crippen molar-refractivity contribution in [3.8, 4) is 11.5 Å². The van der Waals surface area contributed by atoms with Crippen LogP contribution in [0.3, 0.4) is 0 Å². The molecule has 77 heavy (non-hydrogen) atoms. The van der Waals surface area contributed by atoms with Crippen LogP contribution in [-0.2, 0) is 52.4 Å². The summed E-state index contributed by atoms with van der Waals surface area (Å²) >= 11 is 13.9. The van der Waals surface area contributed by atoms with Gasteiger partial charge in [-0.2, -0.15) is 0 Å². The summed E-state index contributed by atoms with van der Waals surface area (Å²) in [5.41, 5.74) is 2.06. The number of esters is 4. The molecule has 414 valence electrons.